The van der Waals surface area contributed by atoms with Crippen LogP contribution < -0.4 is 19.6 Å². The molecule has 0 saturated carbocycles. The molecule has 7 heteroatoms. The maximum atomic E-state index is 8.47. The van der Waals surface area contributed by atoms with Gasteiger partial charge < -0.3 is 28.4 Å². The van der Waals surface area contributed by atoms with E-state index in [0.29, 0.717) is 5.02 Å². The Bertz CT molecular complexity index is 4750. The molecule has 0 bridgehead atoms. The first-order valence-corrected chi connectivity index (χ1v) is 30.1. The number of fused-ring (bicyclic) bond motifs is 6. The van der Waals surface area contributed by atoms with E-state index in [1.807, 2.05) is 24.3 Å². The third kappa shape index (κ3) is 10.5. The molecule has 2 aromatic heterocycles. The third-order valence-electron chi connectivity index (χ3n) is 16.6. The van der Waals surface area contributed by atoms with E-state index in [2.05, 4.69) is 322 Å². The van der Waals surface area contributed by atoms with E-state index in [-0.39, 0.29) is 10.8 Å². The predicted molar refractivity (Wildman–Crippen MR) is 368 cm³/mol. The molecular formula is C80H65ClN4O2. The van der Waals surface area contributed by atoms with Gasteiger partial charge in [0.05, 0.1) is 22.1 Å². The van der Waals surface area contributed by atoms with E-state index >= 15 is 0 Å². The SMILES string of the molecule is CC(C)(C)c1ccc(N(c2cccc(N(c3cccc(-c4ccccc4)c3)c3ccc4oc5ccccc5c4c3)c2)c2cc(N(c3ccccc3)c3ccccc3)cc(N(c3ccc(C(C)(C)C)cc3)c3ccc4c(c3)oc3ccccc34)c2Cl)cc1. The molecule has 14 aromatic rings. The number of hydrogen-bond donors (Lipinski definition) is 0. The predicted octanol–water partition coefficient (Wildman–Crippen LogP) is 24.3. The molecule has 0 aliphatic carbocycles. The van der Waals surface area contributed by atoms with Gasteiger partial charge in [-0.05, 0) is 167 Å². The summed E-state index contributed by atoms with van der Waals surface area (Å²) in [6.45, 7) is 13.5. The van der Waals surface area contributed by atoms with E-state index in [9.17, 15) is 0 Å². The molecule has 14 rings (SSSR count). The lowest BCUT2D eigenvalue weighted by Crippen LogP contribution is -2.18. The van der Waals surface area contributed by atoms with Crippen LogP contribution in [0, 0.1) is 0 Å². The molecule has 6 nitrogen and oxygen atoms in total. The van der Waals surface area contributed by atoms with E-state index in [1.54, 1.807) is 0 Å². The van der Waals surface area contributed by atoms with Gasteiger partial charge in [-0.1, -0.05) is 199 Å². The molecule has 0 amide bonds. The Morgan fingerprint density at radius 2 is 0.621 bits per heavy atom. The summed E-state index contributed by atoms with van der Waals surface area (Å²) in [4.78, 5) is 9.29. The summed E-state index contributed by atoms with van der Waals surface area (Å²) in [5.41, 5.74) is 18.8. The molecule has 424 valence electrons. The second-order valence-corrected chi connectivity index (χ2v) is 24.8. The molecule has 0 atom stereocenters. The maximum absolute atomic E-state index is 8.47. The second kappa shape index (κ2) is 22.3. The molecule has 0 unspecified atom stereocenters. The lowest BCUT2D eigenvalue weighted by atomic mass is 9.87. The van der Waals surface area contributed by atoms with Gasteiger partial charge in [-0.2, -0.15) is 0 Å². The highest BCUT2D eigenvalue weighted by atomic mass is 35.5. The molecule has 0 saturated heterocycles. The average Bonchev–Trinajstić information content (AvgIpc) is 2.88. The summed E-state index contributed by atoms with van der Waals surface area (Å²) in [5, 5.41) is 4.75. The van der Waals surface area contributed by atoms with Crippen molar-refractivity contribution < 1.29 is 8.83 Å². The normalized spacial score (nSPS) is 11.9. The maximum Gasteiger partial charge on any atom is 0.137 e. The fourth-order valence-corrected chi connectivity index (χ4v) is 12.4. The molecule has 87 heavy (non-hydrogen) atoms. The highest BCUT2D eigenvalue weighted by molar-refractivity contribution is 6.37. The van der Waals surface area contributed by atoms with Crippen molar-refractivity contribution in [2.24, 2.45) is 0 Å². The van der Waals surface area contributed by atoms with Gasteiger partial charge in [-0.25, -0.2) is 0 Å². The van der Waals surface area contributed by atoms with Crippen LogP contribution in [0.2, 0.25) is 5.02 Å². The van der Waals surface area contributed by atoms with Crippen molar-refractivity contribution in [1.29, 1.82) is 0 Å². The van der Waals surface area contributed by atoms with Crippen LogP contribution in [-0.4, -0.2) is 0 Å². The zero-order chi connectivity index (χ0) is 59.4. The minimum atomic E-state index is -0.0972. The molecule has 2 heterocycles. The molecule has 0 spiro atoms. The molecule has 12 aromatic carbocycles. The van der Waals surface area contributed by atoms with Crippen LogP contribution in [0.1, 0.15) is 52.7 Å². The topological polar surface area (TPSA) is 39.2 Å². The summed E-state index contributed by atoms with van der Waals surface area (Å²) in [5.74, 6) is 0. The summed E-state index contributed by atoms with van der Waals surface area (Å²) >= 11 is 8.47. The van der Waals surface area contributed by atoms with Crippen LogP contribution in [0.15, 0.2) is 294 Å². The number of rotatable bonds is 13. The van der Waals surface area contributed by atoms with Crippen molar-refractivity contribution in [2.45, 2.75) is 52.4 Å². The Kier molecular flexibility index (Phi) is 14.0. The highest BCUT2D eigenvalue weighted by Gasteiger charge is 2.29. The lowest BCUT2D eigenvalue weighted by Gasteiger charge is -2.35. The first-order valence-electron chi connectivity index (χ1n) is 29.7. The van der Waals surface area contributed by atoms with Gasteiger partial charge >= 0.3 is 0 Å². The van der Waals surface area contributed by atoms with Gasteiger partial charge in [0.15, 0.2) is 0 Å². The Labute approximate surface area is 514 Å². The zero-order valence-electron chi connectivity index (χ0n) is 49.6. The quantitative estimate of drug-likeness (QED) is 0.115. The molecule has 0 N–H and O–H groups in total. The average molecular weight is 1150 g/mol. The van der Waals surface area contributed by atoms with E-state index in [4.69, 9.17) is 20.4 Å². The van der Waals surface area contributed by atoms with Crippen LogP contribution in [0.3, 0.4) is 0 Å². The number of halogens is 1. The first-order chi connectivity index (χ1) is 42.3. The van der Waals surface area contributed by atoms with Gasteiger partial charge in [-0.3, -0.25) is 0 Å². The number of hydrogen-bond acceptors (Lipinski definition) is 6. The van der Waals surface area contributed by atoms with Crippen LogP contribution >= 0.6 is 11.6 Å². The lowest BCUT2D eigenvalue weighted by molar-refractivity contribution is 0.590. The number of nitrogens with zero attached hydrogens (tertiary/aromatic N) is 4. The van der Waals surface area contributed by atoms with Gasteiger partial charge in [0, 0.05) is 78.8 Å². The van der Waals surface area contributed by atoms with Crippen LogP contribution in [-0.2, 0) is 10.8 Å². The Hall–Kier alpha value is -10.3. The monoisotopic (exact) mass is 1150 g/mol. The minimum Gasteiger partial charge on any atom is -0.456 e. The van der Waals surface area contributed by atoms with Crippen molar-refractivity contribution in [1.82, 2.24) is 0 Å². The number of benzene rings is 12. The smallest absolute Gasteiger partial charge is 0.137 e. The zero-order valence-corrected chi connectivity index (χ0v) is 50.4. The largest absolute Gasteiger partial charge is 0.456 e. The summed E-state index contributed by atoms with van der Waals surface area (Å²) in [7, 11) is 0. The third-order valence-corrected chi connectivity index (χ3v) is 17.0. The van der Waals surface area contributed by atoms with E-state index in [1.165, 1.54) is 11.1 Å². The Morgan fingerprint density at radius 3 is 1.18 bits per heavy atom. The van der Waals surface area contributed by atoms with Gasteiger partial charge in [0.1, 0.15) is 22.3 Å². The Morgan fingerprint density at radius 1 is 0.253 bits per heavy atom. The highest BCUT2D eigenvalue weighted by Crippen LogP contribution is 2.53. The van der Waals surface area contributed by atoms with Gasteiger partial charge in [0.25, 0.3) is 0 Å². The summed E-state index contributed by atoms with van der Waals surface area (Å²) in [6.07, 6.45) is 0. The van der Waals surface area contributed by atoms with Crippen molar-refractivity contribution in [2.75, 3.05) is 19.6 Å². The van der Waals surface area contributed by atoms with Crippen molar-refractivity contribution in [3.05, 3.63) is 301 Å². The van der Waals surface area contributed by atoms with Crippen molar-refractivity contribution in [3.63, 3.8) is 0 Å². The van der Waals surface area contributed by atoms with Crippen LogP contribution in [0.25, 0.3) is 55.0 Å². The van der Waals surface area contributed by atoms with Gasteiger partial charge in [0.2, 0.25) is 0 Å². The number of furan rings is 2. The minimum absolute atomic E-state index is 0.0780. The molecule has 0 aliphatic heterocycles. The Balaban J connectivity index is 1.04. The second-order valence-electron chi connectivity index (χ2n) is 24.4. The number of para-hydroxylation sites is 4. The standard InChI is InChI=1S/C80H65ClN4O2/c1-79(2,3)56-36-40-60(41-37-56)84(64-31-21-30-63(49-64)83(62-29-20-24-55(48-62)54-22-10-7-11-23-54)65-45-47-76-71(50-65)69-33-17-19-35-75(69)86-76)72-51-67(82(58-25-12-8-13-26-58)59-27-14-9-15-28-59)52-73(78(72)81)85(61-42-38-57(39-43-61)80(4,5)6)66-44-46-70-68-32-16-18-34-74(68)87-77(70)53-66/h7-53H,1-6H3. The fourth-order valence-electron chi connectivity index (χ4n) is 12.1. The summed E-state index contributed by atoms with van der Waals surface area (Å²) < 4.78 is 13.1. The van der Waals surface area contributed by atoms with Crippen molar-refractivity contribution in [3.8, 4) is 11.1 Å². The molecular weight excluding hydrogens is 1080 g/mol. The molecule has 0 radical (unpaired) electrons. The van der Waals surface area contributed by atoms with Crippen LogP contribution in [0.5, 0.6) is 0 Å². The van der Waals surface area contributed by atoms with Crippen molar-refractivity contribution >= 4 is 124 Å². The van der Waals surface area contributed by atoms with Gasteiger partial charge in [-0.15, -0.1) is 0 Å². The first kappa shape index (κ1) is 54.7. The fraction of sp³-hybridized carbons (Fsp3) is 0.100. The van der Waals surface area contributed by atoms with Crippen LogP contribution in [0.4, 0.5) is 68.2 Å². The van der Waals surface area contributed by atoms with E-state index < -0.39 is 0 Å². The number of anilines is 12. The van der Waals surface area contributed by atoms with E-state index in [0.717, 1.165) is 123 Å². The molecule has 0 aliphatic rings. The summed E-state index contributed by atoms with van der Waals surface area (Å²) in [6, 6.07) is 101. The molecule has 0 fully saturated rings.